The average molecular weight is 310 g/mol. The maximum atomic E-state index is 6.03. The van der Waals surface area contributed by atoms with Crippen LogP contribution in [0.2, 0.25) is 0 Å². The van der Waals surface area contributed by atoms with Crippen LogP contribution in [0.3, 0.4) is 0 Å². The molecule has 2 aromatic rings. The monoisotopic (exact) mass is 309 g/mol. The van der Waals surface area contributed by atoms with Gasteiger partial charge in [0.2, 0.25) is 0 Å². The Labute approximate surface area is 113 Å². The Morgan fingerprint density at radius 3 is 3.00 bits per heavy atom. The maximum Gasteiger partial charge on any atom is 0.189 e. The normalized spacial score (nSPS) is 14.1. The van der Waals surface area contributed by atoms with Crippen molar-refractivity contribution >= 4 is 21.7 Å². The Kier molecular flexibility index (Phi) is 2.76. The molecule has 0 saturated carbocycles. The summed E-state index contributed by atoms with van der Waals surface area (Å²) in [6, 6.07) is 3.88. The molecule has 3 rings (SSSR count). The van der Waals surface area contributed by atoms with E-state index in [-0.39, 0.29) is 6.79 Å². The van der Waals surface area contributed by atoms with Crippen molar-refractivity contribution in [1.82, 2.24) is 9.78 Å². The van der Waals surface area contributed by atoms with E-state index in [1.165, 1.54) is 0 Å². The summed E-state index contributed by atoms with van der Waals surface area (Å²) in [5.74, 6) is 1.46. The van der Waals surface area contributed by atoms with Gasteiger partial charge in [-0.3, -0.25) is 4.68 Å². The Bertz CT molecular complexity index is 610. The highest BCUT2D eigenvalue weighted by Crippen LogP contribution is 2.40. The van der Waals surface area contributed by atoms with Crippen molar-refractivity contribution in [1.29, 1.82) is 0 Å². The van der Waals surface area contributed by atoms with E-state index in [1.807, 2.05) is 19.2 Å². The molecule has 0 unspecified atom stereocenters. The van der Waals surface area contributed by atoms with Crippen LogP contribution in [0.15, 0.2) is 22.8 Å². The van der Waals surface area contributed by atoms with Crippen LogP contribution in [0, 0.1) is 0 Å². The predicted octanol–water partition coefficient (Wildman–Crippen LogP) is 2.30. The predicted molar refractivity (Wildman–Crippen MR) is 71.0 cm³/mol. The van der Waals surface area contributed by atoms with E-state index in [0.29, 0.717) is 12.4 Å². The molecular formula is C12H12BrN3O2. The number of aromatic nitrogens is 2. The number of hydrogen-bond donors (Lipinski definition) is 1. The smallest absolute Gasteiger partial charge is 0.189 e. The van der Waals surface area contributed by atoms with Crippen molar-refractivity contribution in [3.63, 3.8) is 0 Å². The average Bonchev–Trinajstić information content (AvgIpc) is 2.70. The lowest BCUT2D eigenvalue weighted by atomic mass is 10.0. The first-order chi connectivity index (χ1) is 8.68. The van der Waals surface area contributed by atoms with Gasteiger partial charge in [-0.2, -0.15) is 5.10 Å². The van der Waals surface area contributed by atoms with E-state index < -0.39 is 0 Å². The molecule has 1 aromatic carbocycles. The van der Waals surface area contributed by atoms with Crippen LogP contribution in [0.25, 0.3) is 11.1 Å². The van der Waals surface area contributed by atoms with Crippen molar-refractivity contribution in [2.45, 2.75) is 6.61 Å². The third-order valence-corrected chi connectivity index (χ3v) is 3.68. The minimum absolute atomic E-state index is 0.288. The highest BCUT2D eigenvalue weighted by atomic mass is 79.9. The fourth-order valence-corrected chi connectivity index (χ4v) is 2.64. The molecule has 0 bridgehead atoms. The third-order valence-electron chi connectivity index (χ3n) is 3.02. The van der Waals surface area contributed by atoms with Gasteiger partial charge in [0, 0.05) is 28.2 Å². The molecule has 1 aliphatic rings. The van der Waals surface area contributed by atoms with Gasteiger partial charge in [-0.25, -0.2) is 0 Å². The minimum atomic E-state index is 0.288. The summed E-state index contributed by atoms with van der Waals surface area (Å²) in [5, 5.41) is 4.17. The zero-order valence-electron chi connectivity index (χ0n) is 9.81. The Hall–Kier alpha value is -1.53. The number of ether oxygens (including phenoxy) is 2. The summed E-state index contributed by atoms with van der Waals surface area (Å²) in [6.07, 6.45) is 1.75. The van der Waals surface area contributed by atoms with Gasteiger partial charge in [0.1, 0.15) is 11.6 Å². The van der Waals surface area contributed by atoms with Gasteiger partial charge in [0.25, 0.3) is 0 Å². The zero-order chi connectivity index (χ0) is 12.7. The van der Waals surface area contributed by atoms with Crippen LogP contribution in [-0.4, -0.2) is 16.6 Å². The number of nitrogen functional groups attached to an aromatic ring is 1. The molecule has 5 nitrogen and oxygen atoms in total. The first-order valence-electron chi connectivity index (χ1n) is 5.48. The quantitative estimate of drug-likeness (QED) is 0.878. The van der Waals surface area contributed by atoms with E-state index in [0.717, 1.165) is 26.9 Å². The van der Waals surface area contributed by atoms with Gasteiger partial charge >= 0.3 is 0 Å². The largest absolute Gasteiger partial charge is 0.467 e. The summed E-state index contributed by atoms with van der Waals surface area (Å²) in [6.45, 7) is 0.801. The lowest BCUT2D eigenvalue weighted by Gasteiger charge is -2.21. The van der Waals surface area contributed by atoms with E-state index in [4.69, 9.17) is 15.2 Å². The van der Waals surface area contributed by atoms with Crippen LogP contribution < -0.4 is 10.5 Å². The molecule has 0 radical (unpaired) electrons. The molecule has 0 amide bonds. The van der Waals surface area contributed by atoms with Gasteiger partial charge in [0.15, 0.2) is 6.79 Å². The molecule has 0 atom stereocenters. The highest BCUT2D eigenvalue weighted by molar-refractivity contribution is 9.10. The third kappa shape index (κ3) is 1.69. The molecule has 18 heavy (non-hydrogen) atoms. The Morgan fingerprint density at radius 1 is 1.44 bits per heavy atom. The number of rotatable bonds is 1. The van der Waals surface area contributed by atoms with Crippen molar-refractivity contribution < 1.29 is 9.47 Å². The zero-order valence-corrected chi connectivity index (χ0v) is 11.4. The van der Waals surface area contributed by atoms with E-state index in [2.05, 4.69) is 21.0 Å². The van der Waals surface area contributed by atoms with Crippen molar-refractivity contribution in [3.8, 4) is 16.9 Å². The lowest BCUT2D eigenvalue weighted by molar-refractivity contribution is -0.0160. The number of nitrogens with zero attached hydrogens (tertiary/aromatic N) is 2. The van der Waals surface area contributed by atoms with Gasteiger partial charge in [0.05, 0.1) is 12.8 Å². The van der Waals surface area contributed by atoms with Gasteiger partial charge in [-0.15, -0.1) is 0 Å². The van der Waals surface area contributed by atoms with Crippen LogP contribution in [-0.2, 0) is 18.4 Å². The van der Waals surface area contributed by atoms with Gasteiger partial charge < -0.3 is 15.2 Å². The topological polar surface area (TPSA) is 62.3 Å². The van der Waals surface area contributed by atoms with Crippen LogP contribution in [0.1, 0.15) is 5.56 Å². The summed E-state index contributed by atoms with van der Waals surface area (Å²) >= 11 is 3.55. The van der Waals surface area contributed by atoms with E-state index in [9.17, 15) is 0 Å². The summed E-state index contributed by atoms with van der Waals surface area (Å²) < 4.78 is 13.4. The molecule has 2 N–H and O–H groups in total. The standard InChI is InChI=1S/C12H12BrN3O2/c1-16-12(14)7(4-15-16)11-8-5-17-6-18-10(8)3-2-9(11)13/h2-4H,5-6,14H2,1H3. The summed E-state index contributed by atoms with van der Waals surface area (Å²) in [4.78, 5) is 0. The first-order valence-corrected chi connectivity index (χ1v) is 6.27. The fourth-order valence-electron chi connectivity index (χ4n) is 2.06. The molecule has 6 heteroatoms. The van der Waals surface area contributed by atoms with E-state index >= 15 is 0 Å². The number of halogens is 1. The van der Waals surface area contributed by atoms with E-state index in [1.54, 1.807) is 10.9 Å². The first kappa shape index (κ1) is 11.6. The number of benzene rings is 1. The van der Waals surface area contributed by atoms with Gasteiger partial charge in [-0.1, -0.05) is 15.9 Å². The van der Waals surface area contributed by atoms with Gasteiger partial charge in [-0.05, 0) is 12.1 Å². The highest BCUT2D eigenvalue weighted by Gasteiger charge is 2.21. The number of hydrogen-bond acceptors (Lipinski definition) is 4. The molecule has 1 aliphatic heterocycles. The van der Waals surface area contributed by atoms with Crippen LogP contribution in [0.5, 0.6) is 5.75 Å². The number of nitrogens with two attached hydrogens (primary N) is 1. The molecule has 1 aromatic heterocycles. The Balaban J connectivity index is 2.25. The molecule has 94 valence electrons. The van der Waals surface area contributed by atoms with Crippen LogP contribution >= 0.6 is 15.9 Å². The molecule has 0 saturated heterocycles. The minimum Gasteiger partial charge on any atom is -0.467 e. The second-order valence-corrected chi connectivity index (χ2v) is 4.93. The number of fused-ring (bicyclic) bond motifs is 1. The number of anilines is 1. The number of aryl methyl sites for hydroxylation is 1. The molecule has 0 spiro atoms. The Morgan fingerprint density at radius 2 is 2.28 bits per heavy atom. The second kappa shape index (κ2) is 4.29. The fraction of sp³-hybridized carbons (Fsp3) is 0.250. The molecule has 2 heterocycles. The molecular weight excluding hydrogens is 298 g/mol. The maximum absolute atomic E-state index is 6.03. The van der Waals surface area contributed by atoms with Crippen molar-refractivity contribution in [2.75, 3.05) is 12.5 Å². The molecule has 0 fully saturated rings. The van der Waals surface area contributed by atoms with Crippen LogP contribution in [0.4, 0.5) is 5.82 Å². The summed E-state index contributed by atoms with van der Waals surface area (Å²) in [7, 11) is 1.81. The van der Waals surface area contributed by atoms with Crippen molar-refractivity contribution in [2.24, 2.45) is 7.05 Å². The molecule has 0 aliphatic carbocycles. The lowest BCUT2D eigenvalue weighted by Crippen LogP contribution is -2.12. The second-order valence-electron chi connectivity index (χ2n) is 4.08. The summed E-state index contributed by atoms with van der Waals surface area (Å²) in [5.41, 5.74) is 8.90. The van der Waals surface area contributed by atoms with Crippen molar-refractivity contribution in [3.05, 3.63) is 28.4 Å². The SMILES string of the molecule is Cn1ncc(-c2c(Br)ccc3c2COCO3)c1N.